The summed E-state index contributed by atoms with van der Waals surface area (Å²) in [6.07, 6.45) is -2.35. The second kappa shape index (κ2) is 7.23. The lowest BCUT2D eigenvalue weighted by molar-refractivity contribution is -0.274. The third kappa shape index (κ3) is 4.26. The van der Waals surface area contributed by atoms with E-state index in [1.165, 1.54) is 12.1 Å². The van der Waals surface area contributed by atoms with Crippen LogP contribution in [0.5, 0.6) is 5.75 Å². The molecule has 3 atom stereocenters. The van der Waals surface area contributed by atoms with Gasteiger partial charge in [0.25, 0.3) is 0 Å². The highest BCUT2D eigenvalue weighted by Gasteiger charge is 2.48. The number of amides is 1. The van der Waals surface area contributed by atoms with Gasteiger partial charge in [-0.05, 0) is 43.4 Å². The molecule has 2 aliphatic rings. The van der Waals surface area contributed by atoms with E-state index >= 15 is 0 Å². The van der Waals surface area contributed by atoms with Crippen molar-refractivity contribution in [3.05, 3.63) is 29.8 Å². The second-order valence-electron chi connectivity index (χ2n) is 6.71. The molecule has 1 aliphatic heterocycles. The Morgan fingerprint density at radius 3 is 2.76 bits per heavy atom. The molecule has 1 aromatic carbocycles. The van der Waals surface area contributed by atoms with Crippen LogP contribution in [0.3, 0.4) is 0 Å². The number of nitrogens with zero attached hydrogens (tertiary/aromatic N) is 1. The van der Waals surface area contributed by atoms with Crippen molar-refractivity contribution in [1.29, 1.82) is 0 Å². The smallest absolute Gasteiger partial charge is 0.405 e. The molecular formula is C18H23F3N2O2. The van der Waals surface area contributed by atoms with E-state index in [-0.39, 0.29) is 29.5 Å². The van der Waals surface area contributed by atoms with Crippen molar-refractivity contribution in [1.82, 2.24) is 10.2 Å². The molecule has 0 spiro atoms. The number of rotatable bonds is 6. The maximum absolute atomic E-state index is 12.9. The van der Waals surface area contributed by atoms with Crippen LogP contribution in [0.2, 0.25) is 0 Å². The average Bonchev–Trinajstić information content (AvgIpc) is 3.16. The van der Waals surface area contributed by atoms with Gasteiger partial charge in [0.05, 0.1) is 0 Å². The number of carbonyl (C=O) groups is 1. The van der Waals surface area contributed by atoms with Gasteiger partial charge in [-0.25, -0.2) is 0 Å². The van der Waals surface area contributed by atoms with E-state index < -0.39 is 6.36 Å². The maximum atomic E-state index is 12.9. The van der Waals surface area contributed by atoms with Crippen molar-refractivity contribution in [2.75, 3.05) is 19.6 Å². The fourth-order valence-corrected chi connectivity index (χ4v) is 3.65. The molecule has 1 saturated carbocycles. The molecule has 0 radical (unpaired) electrons. The van der Waals surface area contributed by atoms with E-state index in [2.05, 4.69) is 10.1 Å². The molecule has 0 aromatic heterocycles. The highest BCUT2D eigenvalue weighted by Crippen LogP contribution is 2.52. The predicted molar refractivity (Wildman–Crippen MR) is 87.3 cm³/mol. The van der Waals surface area contributed by atoms with E-state index in [0.717, 1.165) is 25.9 Å². The van der Waals surface area contributed by atoms with Crippen LogP contribution in [0.4, 0.5) is 13.2 Å². The third-order valence-electron chi connectivity index (χ3n) is 4.87. The van der Waals surface area contributed by atoms with Gasteiger partial charge < -0.3 is 15.0 Å². The summed E-state index contributed by atoms with van der Waals surface area (Å²) in [5.41, 5.74) is 0.471. The second-order valence-corrected chi connectivity index (χ2v) is 6.71. The first kappa shape index (κ1) is 18.0. The van der Waals surface area contributed by atoms with Crippen molar-refractivity contribution in [3.63, 3.8) is 0 Å². The first-order valence-corrected chi connectivity index (χ1v) is 8.76. The van der Waals surface area contributed by atoms with Crippen LogP contribution in [0.15, 0.2) is 24.3 Å². The van der Waals surface area contributed by atoms with Crippen molar-refractivity contribution in [3.8, 4) is 5.75 Å². The van der Waals surface area contributed by atoms with Gasteiger partial charge in [0.2, 0.25) is 5.91 Å². The van der Waals surface area contributed by atoms with Gasteiger partial charge in [-0.1, -0.05) is 25.1 Å². The van der Waals surface area contributed by atoms with Crippen LogP contribution < -0.4 is 10.1 Å². The van der Waals surface area contributed by atoms with Crippen LogP contribution in [-0.4, -0.2) is 42.8 Å². The zero-order chi connectivity index (χ0) is 18.0. The third-order valence-corrected chi connectivity index (χ3v) is 4.87. The Labute approximate surface area is 145 Å². The summed E-state index contributed by atoms with van der Waals surface area (Å²) >= 11 is 0. The number of hydrogen-bond acceptors (Lipinski definition) is 3. The largest absolute Gasteiger partial charge is 0.573 e. The molecule has 4 nitrogen and oxygen atoms in total. The van der Waals surface area contributed by atoms with Crippen LogP contribution in [-0.2, 0) is 4.79 Å². The highest BCUT2D eigenvalue weighted by molar-refractivity contribution is 5.83. The minimum atomic E-state index is -4.73. The van der Waals surface area contributed by atoms with Gasteiger partial charge in [0, 0.05) is 25.0 Å². The Morgan fingerprint density at radius 2 is 2.12 bits per heavy atom. The van der Waals surface area contributed by atoms with Crippen molar-refractivity contribution >= 4 is 5.91 Å². The summed E-state index contributed by atoms with van der Waals surface area (Å²) in [6.45, 7) is 4.40. The van der Waals surface area contributed by atoms with E-state index in [1.54, 1.807) is 12.1 Å². The summed E-state index contributed by atoms with van der Waals surface area (Å²) in [4.78, 5) is 14.8. The van der Waals surface area contributed by atoms with Gasteiger partial charge in [-0.15, -0.1) is 13.2 Å². The molecule has 1 N–H and O–H groups in total. The topological polar surface area (TPSA) is 41.6 Å². The molecule has 1 aliphatic carbocycles. The molecule has 1 aromatic rings. The van der Waals surface area contributed by atoms with Crippen molar-refractivity contribution in [2.45, 2.75) is 44.5 Å². The lowest BCUT2D eigenvalue weighted by Gasteiger charge is -2.28. The monoisotopic (exact) mass is 356 g/mol. The molecule has 7 heteroatoms. The first-order chi connectivity index (χ1) is 11.9. The van der Waals surface area contributed by atoms with E-state index in [9.17, 15) is 18.0 Å². The summed E-state index contributed by atoms with van der Waals surface area (Å²) in [5.74, 6) is -0.577. The van der Waals surface area contributed by atoms with Gasteiger partial charge in [0.1, 0.15) is 5.75 Å². The summed E-state index contributed by atoms with van der Waals surface area (Å²) < 4.78 is 41.9. The number of benzene rings is 1. The summed E-state index contributed by atoms with van der Waals surface area (Å²) in [5, 5.41) is 3.26. The molecule has 1 heterocycles. The number of para-hydroxylation sites is 1. The number of halogens is 3. The van der Waals surface area contributed by atoms with Crippen molar-refractivity contribution < 1.29 is 22.7 Å². The molecule has 3 rings (SSSR count). The van der Waals surface area contributed by atoms with E-state index in [1.807, 2.05) is 11.8 Å². The summed E-state index contributed by atoms with van der Waals surface area (Å²) in [6, 6.07) is 6.32. The quantitative estimate of drug-likeness (QED) is 0.850. The number of alkyl halides is 3. The Morgan fingerprint density at radius 1 is 1.36 bits per heavy atom. The fraction of sp³-hybridized carbons (Fsp3) is 0.611. The van der Waals surface area contributed by atoms with E-state index in [4.69, 9.17) is 0 Å². The van der Waals surface area contributed by atoms with Crippen LogP contribution in [0, 0.1) is 5.92 Å². The van der Waals surface area contributed by atoms with Gasteiger partial charge in [0.15, 0.2) is 0 Å². The number of carbonyl (C=O) groups excluding carboxylic acids is 1. The van der Waals surface area contributed by atoms with Crippen LogP contribution in [0.1, 0.15) is 37.7 Å². The Bertz CT molecular complexity index is 615. The standard InChI is InChI=1S/C18H23F3N2O2/c1-2-9-23(12-7-8-22-11-12)17(24)15-10-14(15)13-5-3-4-6-16(13)25-18(19,20)21/h3-6,12,14-15,22H,2,7-11H2,1H3. The van der Waals surface area contributed by atoms with Crippen molar-refractivity contribution in [2.24, 2.45) is 5.92 Å². The Hall–Kier alpha value is -1.76. The fourth-order valence-electron chi connectivity index (χ4n) is 3.65. The number of hydrogen-bond donors (Lipinski definition) is 1. The zero-order valence-corrected chi connectivity index (χ0v) is 14.2. The number of nitrogens with one attached hydrogen (secondary N) is 1. The lowest BCUT2D eigenvalue weighted by atomic mass is 10.1. The minimum Gasteiger partial charge on any atom is -0.405 e. The Kier molecular flexibility index (Phi) is 5.22. The molecule has 0 bridgehead atoms. The molecule has 138 valence electrons. The predicted octanol–water partition coefficient (Wildman–Crippen LogP) is 3.29. The minimum absolute atomic E-state index is 0.0577. The summed E-state index contributed by atoms with van der Waals surface area (Å²) in [7, 11) is 0. The van der Waals surface area contributed by atoms with Gasteiger partial charge in [-0.3, -0.25) is 4.79 Å². The molecule has 2 fully saturated rings. The molecule has 25 heavy (non-hydrogen) atoms. The van der Waals surface area contributed by atoms with Crippen LogP contribution >= 0.6 is 0 Å². The molecular weight excluding hydrogens is 333 g/mol. The number of ether oxygens (including phenoxy) is 1. The first-order valence-electron chi connectivity index (χ1n) is 8.76. The van der Waals surface area contributed by atoms with Gasteiger partial charge >= 0.3 is 6.36 Å². The Balaban J connectivity index is 1.72. The average molecular weight is 356 g/mol. The van der Waals surface area contributed by atoms with Crippen LogP contribution in [0.25, 0.3) is 0 Å². The van der Waals surface area contributed by atoms with Gasteiger partial charge in [-0.2, -0.15) is 0 Å². The molecule has 1 saturated heterocycles. The van der Waals surface area contributed by atoms with E-state index in [0.29, 0.717) is 18.5 Å². The maximum Gasteiger partial charge on any atom is 0.573 e. The normalized spacial score (nSPS) is 25.7. The lowest BCUT2D eigenvalue weighted by Crippen LogP contribution is -2.43. The molecule has 1 amide bonds. The highest BCUT2D eigenvalue weighted by atomic mass is 19.4. The molecule has 3 unspecified atom stereocenters. The SMILES string of the molecule is CCCN(C(=O)C1CC1c1ccccc1OC(F)(F)F)C1CCNC1. The zero-order valence-electron chi connectivity index (χ0n) is 14.2.